The summed E-state index contributed by atoms with van der Waals surface area (Å²) in [5.41, 5.74) is -0.0862. The molecule has 1 aromatic rings. The average Bonchev–Trinajstić information content (AvgIpc) is 2.24. The summed E-state index contributed by atoms with van der Waals surface area (Å²) in [7, 11) is 0. The third-order valence-electron chi connectivity index (χ3n) is 2.17. The number of ether oxygens (including phenoxy) is 2. The molecule has 0 aromatic carbocycles. The van der Waals surface area contributed by atoms with Gasteiger partial charge in [-0.2, -0.15) is 0 Å². The van der Waals surface area contributed by atoms with Gasteiger partial charge in [-0.15, -0.1) is 0 Å². The summed E-state index contributed by atoms with van der Waals surface area (Å²) >= 11 is 0. The lowest BCUT2D eigenvalue weighted by Gasteiger charge is -2.18. The molecule has 5 heteroatoms. The second kappa shape index (κ2) is 6.40. The van der Waals surface area contributed by atoms with Gasteiger partial charge in [0.2, 0.25) is 0 Å². The quantitative estimate of drug-likeness (QED) is 0.678. The molecule has 1 heterocycles. The maximum atomic E-state index is 11.6. The van der Waals surface area contributed by atoms with Crippen molar-refractivity contribution in [3.05, 3.63) is 28.4 Å². The monoisotopic (exact) mass is 226 g/mol. The van der Waals surface area contributed by atoms with Gasteiger partial charge in [0, 0.05) is 25.5 Å². The first-order valence-corrected chi connectivity index (χ1v) is 5.44. The summed E-state index contributed by atoms with van der Waals surface area (Å²) in [5, 5.41) is 0. The normalized spacial score (nSPS) is 11.0. The number of aromatic nitrogens is 2. The number of hydrogen-bond donors (Lipinski definition) is 0. The molecule has 5 nitrogen and oxygen atoms in total. The molecular formula is C11H18N2O3. The Morgan fingerprint density at radius 2 is 2.00 bits per heavy atom. The van der Waals surface area contributed by atoms with Crippen LogP contribution in [0, 0.1) is 6.92 Å². The molecule has 0 spiro atoms. The van der Waals surface area contributed by atoms with E-state index in [-0.39, 0.29) is 5.56 Å². The third kappa shape index (κ3) is 3.43. The molecule has 0 saturated heterocycles. The van der Waals surface area contributed by atoms with Crippen LogP contribution in [0.1, 0.15) is 19.7 Å². The van der Waals surface area contributed by atoms with E-state index >= 15 is 0 Å². The Balaban J connectivity index is 2.80. The second-order valence-electron chi connectivity index (χ2n) is 3.28. The van der Waals surface area contributed by atoms with Crippen LogP contribution < -0.4 is 5.56 Å². The van der Waals surface area contributed by atoms with Gasteiger partial charge >= 0.3 is 0 Å². The van der Waals surface area contributed by atoms with Crippen molar-refractivity contribution >= 4 is 0 Å². The van der Waals surface area contributed by atoms with Crippen molar-refractivity contribution in [2.24, 2.45) is 0 Å². The van der Waals surface area contributed by atoms with Gasteiger partial charge in [-0.1, -0.05) is 0 Å². The zero-order chi connectivity index (χ0) is 12.0. The van der Waals surface area contributed by atoms with E-state index in [1.54, 1.807) is 11.5 Å². The van der Waals surface area contributed by atoms with Gasteiger partial charge in [-0.05, 0) is 20.8 Å². The van der Waals surface area contributed by atoms with Gasteiger partial charge in [-0.25, -0.2) is 4.98 Å². The average molecular weight is 226 g/mol. The zero-order valence-corrected chi connectivity index (χ0v) is 9.97. The predicted octanol–water partition coefficient (Wildman–Crippen LogP) is 0.951. The molecular weight excluding hydrogens is 208 g/mol. The highest BCUT2D eigenvalue weighted by Gasteiger charge is 2.11. The number of nitrogens with zero attached hydrogens (tertiary/aromatic N) is 2. The van der Waals surface area contributed by atoms with Crippen LogP contribution in [0.2, 0.25) is 0 Å². The molecule has 0 radical (unpaired) electrons. The molecule has 0 fully saturated rings. The van der Waals surface area contributed by atoms with E-state index < -0.39 is 6.29 Å². The highest BCUT2D eigenvalue weighted by Crippen LogP contribution is 2.00. The van der Waals surface area contributed by atoms with Gasteiger partial charge in [-0.3, -0.25) is 9.36 Å². The van der Waals surface area contributed by atoms with E-state index in [2.05, 4.69) is 4.98 Å². The van der Waals surface area contributed by atoms with Gasteiger partial charge in [0.15, 0.2) is 6.29 Å². The lowest BCUT2D eigenvalue weighted by molar-refractivity contribution is -0.144. The molecule has 16 heavy (non-hydrogen) atoms. The molecule has 1 aromatic heterocycles. The van der Waals surface area contributed by atoms with Crippen LogP contribution in [0.4, 0.5) is 0 Å². The zero-order valence-electron chi connectivity index (χ0n) is 9.97. The molecule has 0 atom stereocenters. The summed E-state index contributed by atoms with van der Waals surface area (Å²) in [6, 6.07) is 1.43. The fraction of sp³-hybridized carbons (Fsp3) is 0.636. The highest BCUT2D eigenvalue weighted by atomic mass is 16.7. The van der Waals surface area contributed by atoms with Gasteiger partial charge < -0.3 is 9.47 Å². The van der Waals surface area contributed by atoms with Crippen LogP contribution in [0.3, 0.4) is 0 Å². The largest absolute Gasteiger partial charge is 0.351 e. The van der Waals surface area contributed by atoms with Crippen molar-refractivity contribution in [2.45, 2.75) is 33.6 Å². The van der Waals surface area contributed by atoms with Crippen LogP contribution in [-0.4, -0.2) is 29.1 Å². The summed E-state index contributed by atoms with van der Waals surface area (Å²) in [4.78, 5) is 15.7. The number of rotatable bonds is 6. The highest BCUT2D eigenvalue weighted by molar-refractivity contribution is 4.91. The van der Waals surface area contributed by atoms with Crippen LogP contribution in [0.15, 0.2) is 17.1 Å². The van der Waals surface area contributed by atoms with Crippen molar-refractivity contribution in [1.82, 2.24) is 9.55 Å². The second-order valence-corrected chi connectivity index (χ2v) is 3.28. The standard InChI is InChI=1S/C11H18N2O3/c1-4-15-11(16-5-2)8-13-9(3)12-7-6-10(13)14/h6-7,11H,4-5,8H2,1-3H3. The summed E-state index contributed by atoms with van der Waals surface area (Å²) in [6.45, 7) is 7.06. The number of hydrogen-bond acceptors (Lipinski definition) is 4. The minimum absolute atomic E-state index is 0.0862. The van der Waals surface area contributed by atoms with E-state index in [0.717, 1.165) is 0 Å². The first-order valence-electron chi connectivity index (χ1n) is 5.44. The van der Waals surface area contributed by atoms with E-state index in [9.17, 15) is 4.79 Å². The first kappa shape index (κ1) is 12.9. The molecule has 0 amide bonds. The molecule has 0 N–H and O–H groups in total. The van der Waals surface area contributed by atoms with Crippen molar-refractivity contribution in [3.8, 4) is 0 Å². The van der Waals surface area contributed by atoms with Crippen LogP contribution in [-0.2, 0) is 16.0 Å². The summed E-state index contributed by atoms with van der Waals surface area (Å²) in [5.74, 6) is 0.664. The minimum atomic E-state index is -0.393. The molecule has 0 aliphatic rings. The Kier molecular flexibility index (Phi) is 5.14. The van der Waals surface area contributed by atoms with E-state index in [1.165, 1.54) is 12.3 Å². The minimum Gasteiger partial charge on any atom is -0.351 e. The lowest BCUT2D eigenvalue weighted by atomic mass is 10.5. The smallest absolute Gasteiger partial charge is 0.253 e. The molecule has 0 aliphatic heterocycles. The van der Waals surface area contributed by atoms with Crippen LogP contribution >= 0.6 is 0 Å². The summed E-state index contributed by atoms with van der Waals surface area (Å²) in [6.07, 6.45) is 1.11. The first-order chi connectivity index (χ1) is 7.69. The lowest BCUT2D eigenvalue weighted by Crippen LogP contribution is -2.31. The van der Waals surface area contributed by atoms with E-state index in [0.29, 0.717) is 25.6 Å². The maximum Gasteiger partial charge on any atom is 0.253 e. The van der Waals surface area contributed by atoms with Crippen molar-refractivity contribution in [3.63, 3.8) is 0 Å². The van der Waals surface area contributed by atoms with Crippen LogP contribution in [0.25, 0.3) is 0 Å². The van der Waals surface area contributed by atoms with Crippen molar-refractivity contribution in [1.29, 1.82) is 0 Å². The Hall–Kier alpha value is -1.20. The maximum absolute atomic E-state index is 11.6. The molecule has 0 unspecified atom stereocenters. The van der Waals surface area contributed by atoms with Gasteiger partial charge in [0.1, 0.15) is 5.82 Å². The van der Waals surface area contributed by atoms with E-state index in [1.807, 2.05) is 13.8 Å². The number of aryl methyl sites for hydroxylation is 1. The Labute approximate surface area is 95.0 Å². The predicted molar refractivity (Wildman–Crippen MR) is 60.3 cm³/mol. The fourth-order valence-electron chi connectivity index (χ4n) is 1.42. The van der Waals surface area contributed by atoms with Crippen molar-refractivity contribution < 1.29 is 9.47 Å². The van der Waals surface area contributed by atoms with Gasteiger partial charge in [0.05, 0.1) is 6.54 Å². The van der Waals surface area contributed by atoms with Crippen molar-refractivity contribution in [2.75, 3.05) is 13.2 Å². The SMILES string of the molecule is CCOC(Cn1c(C)nccc1=O)OCC. The topological polar surface area (TPSA) is 53.4 Å². The molecule has 90 valence electrons. The Morgan fingerprint density at radius 1 is 1.38 bits per heavy atom. The Morgan fingerprint density at radius 3 is 2.50 bits per heavy atom. The fourth-order valence-corrected chi connectivity index (χ4v) is 1.42. The molecule has 0 bridgehead atoms. The molecule has 0 aliphatic carbocycles. The van der Waals surface area contributed by atoms with E-state index in [4.69, 9.17) is 9.47 Å². The molecule has 0 saturated carbocycles. The van der Waals surface area contributed by atoms with Crippen LogP contribution in [0.5, 0.6) is 0 Å². The third-order valence-corrected chi connectivity index (χ3v) is 2.17. The molecule has 1 rings (SSSR count). The van der Waals surface area contributed by atoms with Gasteiger partial charge in [0.25, 0.3) is 5.56 Å². The Bertz CT molecular complexity index is 370. The summed E-state index contributed by atoms with van der Waals surface area (Å²) < 4.78 is 12.3.